The summed E-state index contributed by atoms with van der Waals surface area (Å²) in [5.41, 5.74) is -1.59. The molecule has 0 spiro atoms. The summed E-state index contributed by atoms with van der Waals surface area (Å²) in [4.78, 5) is 24.7. The van der Waals surface area contributed by atoms with E-state index in [1.807, 2.05) is 0 Å². The summed E-state index contributed by atoms with van der Waals surface area (Å²) in [5.74, 6) is -3.84. The molecule has 150 valence electrons. The zero-order valence-corrected chi connectivity index (χ0v) is 14.7. The van der Waals surface area contributed by atoms with Gasteiger partial charge in [-0.25, -0.2) is 13.6 Å². The lowest BCUT2D eigenvalue weighted by Gasteiger charge is -2.27. The standard InChI is InChI=1S/C16H18F5N3O3/c1-15(2,3)27-14(26)23-11-6-22-10-4-8(17)9(18)5-12(10)24(13(11)25)7-16(19,20)21/h4-5,11,22H,6-7H2,1-3H3,(H,23,26). The molecule has 0 bridgehead atoms. The molecule has 1 unspecified atom stereocenters. The van der Waals surface area contributed by atoms with Gasteiger partial charge < -0.3 is 15.4 Å². The Bertz CT molecular complexity index is 746. The molecular weight excluding hydrogens is 377 g/mol. The van der Waals surface area contributed by atoms with Crippen LogP contribution in [-0.2, 0) is 9.53 Å². The fourth-order valence-corrected chi connectivity index (χ4v) is 2.41. The molecule has 1 atom stereocenters. The summed E-state index contributed by atoms with van der Waals surface area (Å²) in [5, 5.41) is 4.73. The van der Waals surface area contributed by atoms with E-state index < -0.39 is 53.7 Å². The van der Waals surface area contributed by atoms with Crippen LogP contribution in [0, 0.1) is 11.6 Å². The van der Waals surface area contributed by atoms with Crippen molar-refractivity contribution in [3.8, 4) is 0 Å². The lowest BCUT2D eigenvalue weighted by molar-refractivity contribution is -0.133. The molecule has 2 rings (SSSR count). The Labute approximate surface area is 151 Å². The molecule has 0 saturated carbocycles. The molecular formula is C16H18F5N3O3. The van der Waals surface area contributed by atoms with Crippen molar-refractivity contribution >= 4 is 23.4 Å². The van der Waals surface area contributed by atoms with Crippen molar-refractivity contribution in [1.29, 1.82) is 0 Å². The van der Waals surface area contributed by atoms with Crippen LogP contribution < -0.4 is 15.5 Å². The molecule has 27 heavy (non-hydrogen) atoms. The Morgan fingerprint density at radius 1 is 1.26 bits per heavy atom. The number of hydrogen-bond acceptors (Lipinski definition) is 4. The van der Waals surface area contributed by atoms with E-state index in [-0.39, 0.29) is 17.1 Å². The SMILES string of the molecule is CC(C)(C)OC(=O)NC1CNc2cc(F)c(F)cc2N(CC(F)(F)F)C1=O. The van der Waals surface area contributed by atoms with E-state index >= 15 is 0 Å². The normalized spacial score (nSPS) is 17.7. The van der Waals surface area contributed by atoms with E-state index in [0.717, 1.165) is 0 Å². The summed E-state index contributed by atoms with van der Waals surface area (Å²) in [7, 11) is 0. The van der Waals surface area contributed by atoms with Crippen LogP contribution >= 0.6 is 0 Å². The predicted molar refractivity (Wildman–Crippen MR) is 86.4 cm³/mol. The van der Waals surface area contributed by atoms with Gasteiger partial charge in [-0.05, 0) is 20.8 Å². The number of fused-ring (bicyclic) bond motifs is 1. The van der Waals surface area contributed by atoms with Gasteiger partial charge >= 0.3 is 12.3 Å². The van der Waals surface area contributed by atoms with Crippen molar-refractivity contribution in [1.82, 2.24) is 5.32 Å². The molecule has 1 heterocycles. The number of alkyl carbamates (subject to hydrolysis) is 1. The van der Waals surface area contributed by atoms with E-state index in [2.05, 4.69) is 10.6 Å². The van der Waals surface area contributed by atoms with Gasteiger partial charge in [-0.1, -0.05) is 0 Å². The van der Waals surface area contributed by atoms with Crippen molar-refractivity contribution < 1.29 is 36.3 Å². The lowest BCUT2D eigenvalue weighted by atomic mass is 10.2. The van der Waals surface area contributed by atoms with Gasteiger partial charge in [0.1, 0.15) is 18.2 Å². The van der Waals surface area contributed by atoms with Crippen molar-refractivity contribution in [2.75, 3.05) is 23.3 Å². The number of amides is 2. The maximum absolute atomic E-state index is 13.6. The number of nitrogens with one attached hydrogen (secondary N) is 2. The molecule has 0 fully saturated rings. The Hall–Kier alpha value is -2.59. The molecule has 1 aromatic rings. The summed E-state index contributed by atoms with van der Waals surface area (Å²) < 4.78 is 70.8. The summed E-state index contributed by atoms with van der Waals surface area (Å²) >= 11 is 0. The van der Waals surface area contributed by atoms with Crippen LogP contribution in [0.15, 0.2) is 12.1 Å². The Kier molecular flexibility index (Phi) is 5.52. The van der Waals surface area contributed by atoms with Crippen molar-refractivity contribution in [3.05, 3.63) is 23.8 Å². The number of halogens is 5. The maximum atomic E-state index is 13.6. The van der Waals surface area contributed by atoms with Gasteiger partial charge in [0, 0.05) is 18.7 Å². The predicted octanol–water partition coefficient (Wildman–Crippen LogP) is 3.18. The fourth-order valence-electron chi connectivity index (χ4n) is 2.41. The number of nitrogens with zero attached hydrogens (tertiary/aromatic N) is 1. The van der Waals surface area contributed by atoms with Gasteiger partial charge in [0.15, 0.2) is 11.6 Å². The highest BCUT2D eigenvalue weighted by Gasteiger charge is 2.40. The van der Waals surface area contributed by atoms with Crippen molar-refractivity contribution in [2.45, 2.75) is 38.6 Å². The van der Waals surface area contributed by atoms with Gasteiger partial charge in [-0.3, -0.25) is 9.69 Å². The van der Waals surface area contributed by atoms with Crippen LogP contribution in [0.3, 0.4) is 0 Å². The molecule has 2 N–H and O–H groups in total. The number of benzene rings is 1. The number of alkyl halides is 3. The molecule has 1 aliphatic rings. The number of hydrogen-bond donors (Lipinski definition) is 2. The highest BCUT2D eigenvalue weighted by atomic mass is 19.4. The van der Waals surface area contributed by atoms with Crippen molar-refractivity contribution in [2.24, 2.45) is 0 Å². The lowest BCUT2D eigenvalue weighted by Crippen LogP contribution is -2.53. The van der Waals surface area contributed by atoms with Crippen LogP contribution in [0.5, 0.6) is 0 Å². The second-order valence-electron chi connectivity index (χ2n) is 6.90. The second kappa shape index (κ2) is 7.20. The maximum Gasteiger partial charge on any atom is 0.408 e. The summed E-state index contributed by atoms with van der Waals surface area (Å²) in [6.07, 6.45) is -5.82. The van der Waals surface area contributed by atoms with Crippen LogP contribution in [0.1, 0.15) is 20.8 Å². The first-order chi connectivity index (χ1) is 12.3. The topological polar surface area (TPSA) is 70.7 Å². The molecule has 0 saturated heterocycles. The molecule has 11 heteroatoms. The third-order valence-corrected chi connectivity index (χ3v) is 3.42. The zero-order chi connectivity index (χ0) is 20.6. The highest BCUT2D eigenvalue weighted by Crippen LogP contribution is 2.33. The van der Waals surface area contributed by atoms with Crippen molar-refractivity contribution in [3.63, 3.8) is 0 Å². The van der Waals surface area contributed by atoms with E-state index in [9.17, 15) is 31.5 Å². The summed E-state index contributed by atoms with van der Waals surface area (Å²) in [6, 6.07) is -0.297. The number of rotatable bonds is 2. The highest BCUT2D eigenvalue weighted by molar-refractivity contribution is 6.03. The molecule has 2 amide bonds. The Balaban J connectivity index is 2.36. The van der Waals surface area contributed by atoms with Gasteiger partial charge in [0.25, 0.3) is 5.91 Å². The average Bonchev–Trinajstić information content (AvgIpc) is 2.58. The van der Waals surface area contributed by atoms with E-state index in [1.165, 1.54) is 0 Å². The van der Waals surface area contributed by atoms with Crippen LogP contribution in [0.4, 0.5) is 38.1 Å². The molecule has 1 aromatic carbocycles. The summed E-state index contributed by atoms with van der Waals surface area (Å²) in [6.45, 7) is 2.62. The third-order valence-electron chi connectivity index (χ3n) is 3.42. The third kappa shape index (κ3) is 5.44. The van der Waals surface area contributed by atoms with E-state index in [1.54, 1.807) is 20.8 Å². The molecule has 0 aliphatic carbocycles. The molecule has 0 aromatic heterocycles. The first-order valence-corrected chi connectivity index (χ1v) is 7.87. The first kappa shape index (κ1) is 20.7. The Morgan fingerprint density at radius 2 is 1.85 bits per heavy atom. The average molecular weight is 395 g/mol. The van der Waals surface area contributed by atoms with E-state index in [0.29, 0.717) is 12.1 Å². The smallest absolute Gasteiger partial charge is 0.408 e. The first-order valence-electron chi connectivity index (χ1n) is 7.87. The largest absolute Gasteiger partial charge is 0.444 e. The monoisotopic (exact) mass is 395 g/mol. The zero-order valence-electron chi connectivity index (χ0n) is 14.7. The minimum atomic E-state index is -4.81. The van der Waals surface area contributed by atoms with Gasteiger partial charge in [-0.15, -0.1) is 0 Å². The second-order valence-corrected chi connectivity index (χ2v) is 6.90. The quantitative estimate of drug-likeness (QED) is 0.755. The number of ether oxygens (including phenoxy) is 1. The van der Waals surface area contributed by atoms with Crippen LogP contribution in [0.2, 0.25) is 0 Å². The van der Waals surface area contributed by atoms with E-state index in [4.69, 9.17) is 4.74 Å². The Morgan fingerprint density at radius 3 is 2.41 bits per heavy atom. The number of anilines is 2. The number of carbonyl (C=O) groups is 2. The van der Waals surface area contributed by atoms with Gasteiger partial charge in [0.2, 0.25) is 0 Å². The van der Waals surface area contributed by atoms with Gasteiger partial charge in [0.05, 0.1) is 11.4 Å². The van der Waals surface area contributed by atoms with Crippen LogP contribution in [-0.4, -0.2) is 42.9 Å². The molecule has 6 nitrogen and oxygen atoms in total. The van der Waals surface area contributed by atoms with Crippen LogP contribution in [0.25, 0.3) is 0 Å². The number of carbonyl (C=O) groups excluding carboxylic acids is 2. The van der Waals surface area contributed by atoms with Gasteiger partial charge in [-0.2, -0.15) is 13.2 Å². The fraction of sp³-hybridized carbons (Fsp3) is 0.500. The molecule has 1 aliphatic heterocycles. The molecule has 0 radical (unpaired) electrons. The minimum Gasteiger partial charge on any atom is -0.444 e. The minimum absolute atomic E-state index is 0.208.